The van der Waals surface area contributed by atoms with Crippen molar-refractivity contribution >= 4 is 17.4 Å². The van der Waals surface area contributed by atoms with E-state index in [4.69, 9.17) is 10.3 Å². The molecule has 3 heterocycles. The molecule has 3 aromatic rings. The van der Waals surface area contributed by atoms with E-state index in [0.717, 1.165) is 11.8 Å². The van der Waals surface area contributed by atoms with Crippen LogP contribution in [0.4, 0.5) is 5.69 Å². The molecule has 0 aliphatic rings. The zero-order valence-electron chi connectivity index (χ0n) is 12.3. The maximum atomic E-state index is 11.2. The largest absolute Gasteiger partial charge is 0.469 e. The van der Waals surface area contributed by atoms with Crippen LogP contribution in [-0.4, -0.2) is 24.8 Å². The second-order valence-electron chi connectivity index (χ2n) is 4.76. The topological polar surface area (TPSA) is 126 Å². The number of furan rings is 1. The smallest absolute Gasteiger partial charge is 0.302 e. The average Bonchev–Trinajstić information content (AvgIpc) is 3.07. The van der Waals surface area contributed by atoms with Gasteiger partial charge in [-0.15, -0.1) is 10.2 Å². The van der Waals surface area contributed by atoms with Gasteiger partial charge in [-0.2, -0.15) is 0 Å². The Kier molecular flexibility index (Phi) is 3.74. The van der Waals surface area contributed by atoms with Gasteiger partial charge in [0.2, 0.25) is 5.16 Å². The van der Waals surface area contributed by atoms with E-state index in [0.29, 0.717) is 27.9 Å². The molecule has 0 saturated heterocycles. The summed E-state index contributed by atoms with van der Waals surface area (Å²) in [5, 5.41) is 19.6. The molecule has 3 rings (SSSR count). The Morgan fingerprint density at radius 2 is 2.17 bits per heavy atom. The van der Waals surface area contributed by atoms with Gasteiger partial charge in [-0.1, -0.05) is 0 Å². The molecular formula is C13H12N6O3S. The number of aryl methyl sites for hydroxylation is 2. The number of hydrogen-bond acceptors (Lipinski definition) is 8. The van der Waals surface area contributed by atoms with Crippen LogP contribution >= 0.6 is 11.8 Å². The molecule has 10 heteroatoms. The van der Waals surface area contributed by atoms with Crippen molar-refractivity contribution in [2.24, 2.45) is 0 Å². The lowest BCUT2D eigenvalue weighted by Crippen LogP contribution is -2.11. The predicted octanol–water partition coefficient (Wildman–Crippen LogP) is 2.32. The first-order valence-electron chi connectivity index (χ1n) is 6.51. The van der Waals surface area contributed by atoms with Gasteiger partial charge in [0.15, 0.2) is 10.9 Å². The highest BCUT2D eigenvalue weighted by Gasteiger charge is 2.21. The molecule has 23 heavy (non-hydrogen) atoms. The first-order valence-corrected chi connectivity index (χ1v) is 7.33. The van der Waals surface area contributed by atoms with Gasteiger partial charge in [0.25, 0.3) is 0 Å². The van der Waals surface area contributed by atoms with E-state index in [1.807, 2.05) is 0 Å². The van der Waals surface area contributed by atoms with Gasteiger partial charge in [0.1, 0.15) is 5.76 Å². The molecule has 0 spiro atoms. The van der Waals surface area contributed by atoms with Crippen LogP contribution in [0, 0.1) is 24.0 Å². The quantitative estimate of drug-likeness (QED) is 0.438. The lowest BCUT2D eigenvalue weighted by atomic mass is 10.2. The molecule has 0 unspecified atom stereocenters. The number of nitrogens with two attached hydrogens (primary N) is 1. The van der Waals surface area contributed by atoms with Gasteiger partial charge >= 0.3 is 5.69 Å². The van der Waals surface area contributed by atoms with Crippen LogP contribution in [0.25, 0.3) is 11.4 Å². The highest BCUT2D eigenvalue weighted by Crippen LogP contribution is 2.33. The Morgan fingerprint density at radius 3 is 2.83 bits per heavy atom. The standard InChI is InChI=1S/C13H12N6O3S/c1-7-5-10(19(20)21)12(15-6-7)23-13-17-16-11(18(13)14)9-3-4-22-8(9)2/h3-6H,14H2,1-2H3. The molecule has 2 N–H and O–H groups in total. The molecule has 118 valence electrons. The first kappa shape index (κ1) is 15.0. The van der Waals surface area contributed by atoms with Crippen molar-refractivity contribution < 1.29 is 9.34 Å². The highest BCUT2D eigenvalue weighted by atomic mass is 32.2. The van der Waals surface area contributed by atoms with Crippen LogP contribution in [0.1, 0.15) is 11.3 Å². The van der Waals surface area contributed by atoms with E-state index in [1.165, 1.54) is 17.0 Å². The summed E-state index contributed by atoms with van der Waals surface area (Å²) in [5.74, 6) is 7.06. The number of aromatic nitrogens is 4. The van der Waals surface area contributed by atoms with Gasteiger partial charge in [-0.05, 0) is 37.2 Å². The fraction of sp³-hybridized carbons (Fsp3) is 0.154. The van der Waals surface area contributed by atoms with Gasteiger partial charge in [0.05, 0.1) is 16.7 Å². The molecule has 0 amide bonds. The average molecular weight is 332 g/mol. The maximum Gasteiger partial charge on any atom is 0.302 e. The third-order valence-electron chi connectivity index (χ3n) is 3.12. The lowest BCUT2D eigenvalue weighted by molar-refractivity contribution is -0.388. The van der Waals surface area contributed by atoms with Crippen molar-refractivity contribution in [2.45, 2.75) is 24.0 Å². The van der Waals surface area contributed by atoms with Crippen molar-refractivity contribution in [1.29, 1.82) is 0 Å². The van der Waals surface area contributed by atoms with Gasteiger partial charge in [-0.3, -0.25) is 10.1 Å². The van der Waals surface area contributed by atoms with E-state index < -0.39 is 4.92 Å². The molecule has 0 radical (unpaired) electrons. The minimum atomic E-state index is -0.485. The Labute approximate surface area is 134 Å². The summed E-state index contributed by atoms with van der Waals surface area (Å²) in [4.78, 5) is 14.8. The van der Waals surface area contributed by atoms with Crippen molar-refractivity contribution in [3.05, 3.63) is 46.0 Å². The minimum absolute atomic E-state index is 0.0981. The van der Waals surface area contributed by atoms with Crippen molar-refractivity contribution in [3.8, 4) is 11.4 Å². The Morgan fingerprint density at radius 1 is 1.39 bits per heavy atom. The van der Waals surface area contributed by atoms with E-state index in [-0.39, 0.29) is 10.7 Å². The predicted molar refractivity (Wildman–Crippen MR) is 82.4 cm³/mol. The van der Waals surface area contributed by atoms with Gasteiger partial charge in [0, 0.05) is 12.3 Å². The van der Waals surface area contributed by atoms with Crippen molar-refractivity contribution in [1.82, 2.24) is 19.9 Å². The molecule has 9 nitrogen and oxygen atoms in total. The molecule has 0 aromatic carbocycles. The molecule has 0 aliphatic heterocycles. The Hall–Kier alpha value is -2.88. The van der Waals surface area contributed by atoms with Crippen LogP contribution in [0.15, 0.2) is 39.2 Å². The third-order valence-corrected chi connectivity index (χ3v) is 4.09. The number of hydrogen-bond donors (Lipinski definition) is 1. The molecular weight excluding hydrogens is 320 g/mol. The number of nitro groups is 1. The van der Waals surface area contributed by atoms with Gasteiger partial charge in [-0.25, -0.2) is 9.66 Å². The number of rotatable bonds is 4. The number of nitrogen functional groups attached to an aromatic ring is 1. The summed E-state index contributed by atoms with van der Waals surface area (Å²) < 4.78 is 6.48. The van der Waals surface area contributed by atoms with E-state index >= 15 is 0 Å². The fourth-order valence-electron chi connectivity index (χ4n) is 1.98. The van der Waals surface area contributed by atoms with E-state index in [9.17, 15) is 10.1 Å². The third kappa shape index (κ3) is 2.75. The molecule has 3 aromatic heterocycles. The number of nitrogens with zero attached hydrogens (tertiary/aromatic N) is 5. The summed E-state index contributed by atoms with van der Waals surface area (Å²) in [6.07, 6.45) is 3.08. The fourth-order valence-corrected chi connectivity index (χ4v) is 2.77. The lowest BCUT2D eigenvalue weighted by Gasteiger charge is -2.03. The highest BCUT2D eigenvalue weighted by molar-refractivity contribution is 7.99. The zero-order valence-corrected chi connectivity index (χ0v) is 13.1. The summed E-state index contributed by atoms with van der Waals surface area (Å²) in [6, 6.07) is 3.18. The van der Waals surface area contributed by atoms with E-state index in [2.05, 4.69) is 15.2 Å². The normalized spacial score (nSPS) is 10.9. The molecule has 0 aliphatic carbocycles. The molecule has 0 saturated carbocycles. The van der Waals surface area contributed by atoms with Crippen molar-refractivity contribution in [3.63, 3.8) is 0 Å². The van der Waals surface area contributed by atoms with E-state index in [1.54, 1.807) is 26.1 Å². The minimum Gasteiger partial charge on any atom is -0.469 e. The second-order valence-corrected chi connectivity index (χ2v) is 5.72. The van der Waals surface area contributed by atoms with Crippen LogP contribution in [0.2, 0.25) is 0 Å². The SMILES string of the molecule is Cc1cnc(Sc2nnc(-c3ccoc3C)n2N)c([N+](=O)[O-])c1. The van der Waals surface area contributed by atoms with Crippen LogP contribution < -0.4 is 5.84 Å². The molecule has 0 fully saturated rings. The molecule has 0 bridgehead atoms. The van der Waals surface area contributed by atoms with Crippen molar-refractivity contribution in [2.75, 3.05) is 5.84 Å². The molecule has 0 atom stereocenters. The Balaban J connectivity index is 1.98. The van der Waals surface area contributed by atoms with Crippen LogP contribution in [0.3, 0.4) is 0 Å². The van der Waals surface area contributed by atoms with Gasteiger partial charge < -0.3 is 10.3 Å². The zero-order chi connectivity index (χ0) is 16.6. The summed E-state index contributed by atoms with van der Waals surface area (Å²) in [5.41, 5.74) is 1.31. The summed E-state index contributed by atoms with van der Waals surface area (Å²) >= 11 is 0.983. The number of pyridine rings is 1. The second kappa shape index (κ2) is 5.72. The monoisotopic (exact) mass is 332 g/mol. The summed E-state index contributed by atoms with van der Waals surface area (Å²) in [6.45, 7) is 3.52. The summed E-state index contributed by atoms with van der Waals surface area (Å²) in [7, 11) is 0. The van der Waals surface area contributed by atoms with Crippen LogP contribution in [-0.2, 0) is 0 Å². The Bertz CT molecular complexity index is 888. The van der Waals surface area contributed by atoms with Crippen LogP contribution in [0.5, 0.6) is 0 Å². The first-order chi connectivity index (χ1) is 11.0. The maximum absolute atomic E-state index is 11.2.